The summed E-state index contributed by atoms with van der Waals surface area (Å²) in [5.74, 6) is 0.306. The molecule has 0 aromatic heterocycles. The Hall–Kier alpha value is -2.44. The number of likely N-dealkylation sites (tertiary alicyclic amines) is 1. The van der Waals surface area contributed by atoms with Gasteiger partial charge in [0.15, 0.2) is 0 Å². The number of hydrogen-bond acceptors (Lipinski definition) is 3. The minimum atomic E-state index is -1.03. The maximum atomic E-state index is 13.6. The van der Waals surface area contributed by atoms with E-state index in [9.17, 15) is 18.8 Å². The van der Waals surface area contributed by atoms with Crippen LogP contribution in [-0.4, -0.2) is 52.8 Å². The third kappa shape index (κ3) is 4.60. The number of nitrogens with one attached hydrogen (secondary N) is 1. The molecule has 1 aromatic rings. The van der Waals surface area contributed by atoms with Crippen LogP contribution in [0.1, 0.15) is 51.5 Å². The number of benzene rings is 1. The maximum Gasteiger partial charge on any atom is 0.325 e. The van der Waals surface area contributed by atoms with Gasteiger partial charge in [0.05, 0.1) is 0 Å². The zero-order chi connectivity index (χ0) is 22.2. The van der Waals surface area contributed by atoms with Crippen molar-refractivity contribution in [1.29, 1.82) is 0 Å². The van der Waals surface area contributed by atoms with Crippen LogP contribution in [0.25, 0.3) is 0 Å². The zero-order valence-electron chi connectivity index (χ0n) is 18.4. The van der Waals surface area contributed by atoms with Gasteiger partial charge in [-0.05, 0) is 61.1 Å². The molecule has 31 heavy (non-hydrogen) atoms. The number of hydrogen-bond donors (Lipinski definition) is 1. The number of amides is 4. The normalized spacial score (nSPS) is 24.8. The van der Waals surface area contributed by atoms with E-state index < -0.39 is 5.54 Å². The van der Waals surface area contributed by atoms with Crippen molar-refractivity contribution in [3.63, 3.8) is 0 Å². The highest BCUT2D eigenvalue weighted by Gasteiger charge is 2.56. The van der Waals surface area contributed by atoms with E-state index in [1.54, 1.807) is 12.1 Å². The summed E-state index contributed by atoms with van der Waals surface area (Å²) in [4.78, 5) is 42.2. The van der Waals surface area contributed by atoms with Gasteiger partial charge in [0.25, 0.3) is 5.91 Å². The Labute approximate surface area is 183 Å². The Morgan fingerprint density at radius 1 is 1.13 bits per heavy atom. The van der Waals surface area contributed by atoms with Crippen molar-refractivity contribution in [2.45, 2.75) is 57.9 Å². The van der Waals surface area contributed by atoms with Gasteiger partial charge in [-0.1, -0.05) is 26.0 Å². The van der Waals surface area contributed by atoms with Crippen LogP contribution in [0.4, 0.5) is 9.18 Å². The van der Waals surface area contributed by atoms with Crippen LogP contribution in [0.5, 0.6) is 0 Å². The lowest BCUT2D eigenvalue weighted by atomic mass is 9.73. The van der Waals surface area contributed by atoms with Gasteiger partial charge in [0, 0.05) is 32.5 Å². The summed E-state index contributed by atoms with van der Waals surface area (Å²) in [6.45, 7) is 5.72. The molecule has 2 heterocycles. The van der Waals surface area contributed by atoms with E-state index in [-0.39, 0.29) is 29.6 Å². The summed E-state index contributed by atoms with van der Waals surface area (Å²) in [6, 6.07) is 5.82. The summed E-state index contributed by atoms with van der Waals surface area (Å²) in [5.41, 5.74) is -0.210. The highest BCUT2D eigenvalue weighted by atomic mass is 19.1. The molecule has 2 saturated heterocycles. The molecule has 1 saturated carbocycles. The Morgan fingerprint density at radius 3 is 2.35 bits per heavy atom. The van der Waals surface area contributed by atoms with Crippen LogP contribution in [-0.2, 0) is 16.0 Å². The van der Waals surface area contributed by atoms with Gasteiger partial charge in [-0.25, -0.2) is 9.18 Å². The van der Waals surface area contributed by atoms with Crippen LogP contribution in [0.2, 0.25) is 0 Å². The Morgan fingerprint density at radius 2 is 1.77 bits per heavy atom. The fourth-order valence-corrected chi connectivity index (χ4v) is 4.93. The van der Waals surface area contributed by atoms with E-state index in [1.165, 1.54) is 17.0 Å². The van der Waals surface area contributed by atoms with E-state index in [1.807, 2.05) is 18.7 Å². The first-order chi connectivity index (χ1) is 14.8. The van der Waals surface area contributed by atoms with Crippen LogP contribution in [0, 0.1) is 23.6 Å². The molecule has 3 aliphatic rings. The number of halogens is 1. The van der Waals surface area contributed by atoms with Crippen LogP contribution in [0.3, 0.4) is 0 Å². The summed E-state index contributed by atoms with van der Waals surface area (Å²) in [5, 5.41) is 3.05. The van der Waals surface area contributed by atoms with Crippen molar-refractivity contribution < 1.29 is 18.8 Å². The van der Waals surface area contributed by atoms with Gasteiger partial charge in [0.2, 0.25) is 5.91 Å². The molecule has 0 radical (unpaired) electrons. The molecule has 0 spiro atoms. The topological polar surface area (TPSA) is 69.7 Å². The third-order valence-electron chi connectivity index (χ3n) is 6.86. The SMILES string of the molecule is CC(C)CC(=O)N1CCC(C2(Cc3ccc(F)cc3)NC(=O)N(CC3CC3)C2=O)CC1. The first-order valence-corrected chi connectivity index (χ1v) is 11.4. The second-order valence-corrected chi connectivity index (χ2v) is 9.82. The van der Waals surface area contributed by atoms with Crippen molar-refractivity contribution in [1.82, 2.24) is 15.1 Å². The number of rotatable bonds is 7. The Kier molecular flexibility index (Phi) is 6.04. The van der Waals surface area contributed by atoms with Crippen molar-refractivity contribution in [3.8, 4) is 0 Å². The Balaban J connectivity index is 1.55. The predicted octanol–water partition coefficient (Wildman–Crippen LogP) is 3.35. The summed E-state index contributed by atoms with van der Waals surface area (Å²) in [6.07, 6.45) is 4.29. The lowest BCUT2D eigenvalue weighted by Crippen LogP contribution is -2.58. The molecule has 4 amide bonds. The second kappa shape index (κ2) is 8.60. The molecule has 0 bridgehead atoms. The summed E-state index contributed by atoms with van der Waals surface area (Å²) >= 11 is 0. The third-order valence-corrected chi connectivity index (χ3v) is 6.86. The molecule has 2 aliphatic heterocycles. The molecule has 1 atom stereocenters. The molecule has 1 aromatic carbocycles. The summed E-state index contributed by atoms with van der Waals surface area (Å²) < 4.78 is 13.4. The van der Waals surface area contributed by atoms with Gasteiger partial charge < -0.3 is 10.2 Å². The average molecular weight is 430 g/mol. The standard InChI is InChI=1S/C24H32FN3O3/c1-16(2)13-21(29)27-11-9-19(10-12-27)24(14-17-5-7-20(25)8-6-17)22(30)28(23(31)26-24)15-18-3-4-18/h5-8,16,18-19H,3-4,9-15H2,1-2H3,(H,26,31). The number of piperidine rings is 1. The van der Waals surface area contributed by atoms with E-state index >= 15 is 0 Å². The predicted molar refractivity (Wildman–Crippen MR) is 115 cm³/mol. The molecule has 1 aliphatic carbocycles. The first-order valence-electron chi connectivity index (χ1n) is 11.4. The second-order valence-electron chi connectivity index (χ2n) is 9.82. The van der Waals surface area contributed by atoms with Gasteiger partial charge in [-0.15, -0.1) is 0 Å². The minimum Gasteiger partial charge on any atom is -0.343 e. The zero-order valence-corrected chi connectivity index (χ0v) is 18.4. The lowest BCUT2D eigenvalue weighted by Gasteiger charge is -2.41. The molecule has 4 rings (SSSR count). The van der Waals surface area contributed by atoms with Crippen molar-refractivity contribution >= 4 is 17.8 Å². The number of imide groups is 1. The van der Waals surface area contributed by atoms with E-state index in [2.05, 4.69) is 5.32 Å². The van der Waals surface area contributed by atoms with Gasteiger partial charge >= 0.3 is 6.03 Å². The quantitative estimate of drug-likeness (QED) is 0.676. The smallest absolute Gasteiger partial charge is 0.325 e. The van der Waals surface area contributed by atoms with Gasteiger partial charge in [-0.3, -0.25) is 14.5 Å². The van der Waals surface area contributed by atoms with Gasteiger partial charge in [-0.2, -0.15) is 0 Å². The molecule has 3 fully saturated rings. The minimum absolute atomic E-state index is 0.0682. The summed E-state index contributed by atoms with van der Waals surface area (Å²) in [7, 11) is 0. The van der Waals surface area contributed by atoms with E-state index in [0.29, 0.717) is 57.2 Å². The van der Waals surface area contributed by atoms with Crippen molar-refractivity contribution in [2.75, 3.05) is 19.6 Å². The largest absolute Gasteiger partial charge is 0.343 e. The molecule has 168 valence electrons. The molecule has 6 nitrogen and oxygen atoms in total. The molecule has 1 N–H and O–H groups in total. The van der Waals surface area contributed by atoms with Crippen LogP contribution < -0.4 is 5.32 Å². The fraction of sp³-hybridized carbons (Fsp3) is 0.625. The lowest BCUT2D eigenvalue weighted by molar-refractivity contribution is -0.136. The number of urea groups is 1. The van der Waals surface area contributed by atoms with E-state index in [0.717, 1.165) is 18.4 Å². The monoisotopic (exact) mass is 429 g/mol. The first kappa shape index (κ1) is 21.8. The van der Waals surface area contributed by atoms with Crippen LogP contribution in [0.15, 0.2) is 24.3 Å². The highest BCUT2D eigenvalue weighted by Crippen LogP contribution is 2.39. The van der Waals surface area contributed by atoms with E-state index in [4.69, 9.17) is 0 Å². The number of nitrogens with zero attached hydrogens (tertiary/aromatic N) is 2. The molecule has 1 unspecified atom stereocenters. The van der Waals surface area contributed by atoms with Gasteiger partial charge in [0.1, 0.15) is 11.4 Å². The number of carbonyl (C=O) groups excluding carboxylic acids is 3. The molecule has 7 heteroatoms. The fourth-order valence-electron chi connectivity index (χ4n) is 4.93. The molecular weight excluding hydrogens is 397 g/mol. The average Bonchev–Trinajstić information content (AvgIpc) is 3.52. The van der Waals surface area contributed by atoms with Crippen molar-refractivity contribution in [2.24, 2.45) is 17.8 Å². The number of carbonyl (C=O) groups is 3. The van der Waals surface area contributed by atoms with Crippen LogP contribution >= 0.6 is 0 Å². The van der Waals surface area contributed by atoms with Crippen molar-refractivity contribution in [3.05, 3.63) is 35.6 Å². The highest BCUT2D eigenvalue weighted by molar-refractivity contribution is 6.07. The maximum absolute atomic E-state index is 13.6. The molecular formula is C24H32FN3O3. The Bertz CT molecular complexity index is 844.